The summed E-state index contributed by atoms with van der Waals surface area (Å²) in [5, 5.41) is 0. The van der Waals surface area contributed by atoms with Gasteiger partial charge in [0.25, 0.3) is 0 Å². The second-order valence-corrected chi connectivity index (χ2v) is 5.02. The number of hydrogen-bond acceptors (Lipinski definition) is 1. The van der Waals surface area contributed by atoms with Crippen molar-refractivity contribution in [2.45, 2.75) is 25.8 Å². The Labute approximate surface area is 87.5 Å². The number of nitrogens with two attached hydrogens (primary N) is 1. The molecule has 1 fully saturated rings. The van der Waals surface area contributed by atoms with E-state index in [1.165, 1.54) is 11.1 Å². The normalized spacial score (nSPS) is 31.8. The molecule has 0 aliphatic heterocycles. The maximum atomic E-state index is 6.25. The number of aryl methyl sites for hydroxylation is 1. The van der Waals surface area contributed by atoms with Gasteiger partial charge in [0.05, 0.1) is 0 Å². The van der Waals surface area contributed by atoms with Crippen LogP contribution in [0.25, 0.3) is 0 Å². The molecular weight excluding hydrogens is 226 g/mol. The van der Waals surface area contributed by atoms with Gasteiger partial charge in [0.2, 0.25) is 0 Å². The van der Waals surface area contributed by atoms with Crippen LogP contribution >= 0.6 is 15.9 Å². The summed E-state index contributed by atoms with van der Waals surface area (Å²) in [4.78, 5) is 0. The molecule has 70 valence electrons. The summed E-state index contributed by atoms with van der Waals surface area (Å²) in [5.74, 6) is 0.632. The lowest BCUT2D eigenvalue weighted by molar-refractivity contribution is 0.660. The molecular formula is C11H14BrN. The Balaban J connectivity index is 2.42. The molecule has 0 aromatic heterocycles. The third kappa shape index (κ3) is 1.42. The molecule has 0 spiro atoms. The van der Waals surface area contributed by atoms with Gasteiger partial charge in [0.1, 0.15) is 0 Å². The van der Waals surface area contributed by atoms with Crippen LogP contribution in [-0.4, -0.2) is 0 Å². The van der Waals surface area contributed by atoms with Crippen LogP contribution < -0.4 is 5.73 Å². The summed E-state index contributed by atoms with van der Waals surface area (Å²) in [5.41, 5.74) is 8.81. The molecule has 2 unspecified atom stereocenters. The molecule has 0 bridgehead atoms. The van der Waals surface area contributed by atoms with Crippen molar-refractivity contribution in [3.63, 3.8) is 0 Å². The predicted molar refractivity (Wildman–Crippen MR) is 58.5 cm³/mol. The fourth-order valence-electron chi connectivity index (χ4n) is 1.97. The van der Waals surface area contributed by atoms with E-state index in [9.17, 15) is 0 Å². The summed E-state index contributed by atoms with van der Waals surface area (Å²) < 4.78 is 1.13. The first-order valence-electron chi connectivity index (χ1n) is 4.59. The number of rotatable bonds is 1. The van der Waals surface area contributed by atoms with E-state index in [0.717, 1.165) is 10.9 Å². The molecule has 0 saturated heterocycles. The van der Waals surface area contributed by atoms with Crippen molar-refractivity contribution < 1.29 is 0 Å². The quantitative estimate of drug-likeness (QED) is 0.802. The van der Waals surface area contributed by atoms with E-state index < -0.39 is 0 Å². The van der Waals surface area contributed by atoms with Crippen LogP contribution in [0.1, 0.15) is 24.5 Å². The van der Waals surface area contributed by atoms with Gasteiger partial charge in [0.15, 0.2) is 0 Å². The molecule has 1 saturated carbocycles. The summed E-state index contributed by atoms with van der Waals surface area (Å²) >= 11 is 3.46. The van der Waals surface area contributed by atoms with E-state index in [4.69, 9.17) is 5.73 Å². The minimum absolute atomic E-state index is 0.0369. The number of halogens is 1. The minimum Gasteiger partial charge on any atom is -0.321 e. The third-order valence-electron chi connectivity index (χ3n) is 3.05. The smallest absolute Gasteiger partial charge is 0.0442 e. The maximum Gasteiger partial charge on any atom is 0.0442 e. The minimum atomic E-state index is -0.0369. The topological polar surface area (TPSA) is 26.0 Å². The third-order valence-corrected chi connectivity index (χ3v) is 3.55. The largest absolute Gasteiger partial charge is 0.321 e. The zero-order valence-corrected chi connectivity index (χ0v) is 9.56. The van der Waals surface area contributed by atoms with Gasteiger partial charge in [-0.1, -0.05) is 28.9 Å². The predicted octanol–water partition coefficient (Wildman–Crippen LogP) is 2.95. The van der Waals surface area contributed by atoms with Crippen LogP contribution in [0.15, 0.2) is 22.7 Å². The van der Waals surface area contributed by atoms with Gasteiger partial charge in [-0.05, 0) is 42.5 Å². The fraction of sp³-hybridized carbons (Fsp3) is 0.455. The Kier molecular flexibility index (Phi) is 2.00. The van der Waals surface area contributed by atoms with Gasteiger partial charge in [-0.15, -0.1) is 0 Å². The first-order valence-corrected chi connectivity index (χ1v) is 5.39. The average molecular weight is 240 g/mol. The van der Waals surface area contributed by atoms with E-state index in [1.54, 1.807) is 0 Å². The molecule has 2 rings (SSSR count). The Morgan fingerprint density at radius 3 is 2.62 bits per heavy atom. The molecule has 1 aliphatic rings. The van der Waals surface area contributed by atoms with Gasteiger partial charge < -0.3 is 5.73 Å². The van der Waals surface area contributed by atoms with Crippen molar-refractivity contribution in [1.82, 2.24) is 0 Å². The van der Waals surface area contributed by atoms with Crippen molar-refractivity contribution in [3.05, 3.63) is 33.8 Å². The standard InChI is InChI=1S/C11H14BrN/c1-7-5-9(12)3-4-10(7)11(13)6-8(11)2/h3-5,8H,6,13H2,1-2H3. The van der Waals surface area contributed by atoms with Crippen molar-refractivity contribution >= 4 is 15.9 Å². The van der Waals surface area contributed by atoms with Gasteiger partial charge >= 0.3 is 0 Å². The van der Waals surface area contributed by atoms with E-state index >= 15 is 0 Å². The molecule has 1 aliphatic carbocycles. The molecule has 0 heterocycles. The highest BCUT2D eigenvalue weighted by Crippen LogP contribution is 2.50. The highest BCUT2D eigenvalue weighted by atomic mass is 79.9. The first-order chi connectivity index (χ1) is 6.04. The molecule has 1 nitrogen and oxygen atoms in total. The first kappa shape index (κ1) is 9.22. The van der Waals surface area contributed by atoms with Crippen molar-refractivity contribution in [3.8, 4) is 0 Å². The van der Waals surface area contributed by atoms with Crippen molar-refractivity contribution in [2.75, 3.05) is 0 Å². The zero-order valence-electron chi connectivity index (χ0n) is 7.97. The van der Waals surface area contributed by atoms with Crippen molar-refractivity contribution in [2.24, 2.45) is 11.7 Å². The van der Waals surface area contributed by atoms with Crippen LogP contribution in [0.2, 0.25) is 0 Å². The SMILES string of the molecule is Cc1cc(Br)ccc1C1(N)CC1C. The maximum absolute atomic E-state index is 6.25. The van der Waals surface area contributed by atoms with Crippen LogP contribution in [-0.2, 0) is 5.54 Å². The Morgan fingerprint density at radius 2 is 2.15 bits per heavy atom. The lowest BCUT2D eigenvalue weighted by atomic mass is 9.98. The van der Waals surface area contributed by atoms with Gasteiger partial charge in [-0.25, -0.2) is 0 Å². The summed E-state index contributed by atoms with van der Waals surface area (Å²) in [6.07, 6.45) is 1.12. The molecule has 0 amide bonds. The summed E-state index contributed by atoms with van der Waals surface area (Å²) in [7, 11) is 0. The second kappa shape index (κ2) is 2.82. The Bertz CT molecular complexity index is 348. The molecule has 1 aromatic carbocycles. The van der Waals surface area contributed by atoms with Crippen LogP contribution in [0.3, 0.4) is 0 Å². The Morgan fingerprint density at radius 1 is 1.54 bits per heavy atom. The second-order valence-electron chi connectivity index (χ2n) is 4.10. The Hall–Kier alpha value is -0.340. The molecule has 1 aromatic rings. The summed E-state index contributed by atoms with van der Waals surface area (Å²) in [6, 6.07) is 6.35. The van der Waals surface area contributed by atoms with E-state index in [0.29, 0.717) is 5.92 Å². The van der Waals surface area contributed by atoms with Crippen LogP contribution in [0.5, 0.6) is 0 Å². The van der Waals surface area contributed by atoms with E-state index in [1.807, 2.05) is 0 Å². The highest BCUT2D eigenvalue weighted by molar-refractivity contribution is 9.10. The summed E-state index contributed by atoms with van der Waals surface area (Å²) in [6.45, 7) is 4.33. The van der Waals surface area contributed by atoms with Gasteiger partial charge in [-0.3, -0.25) is 0 Å². The lowest BCUT2D eigenvalue weighted by Crippen LogP contribution is -2.22. The zero-order chi connectivity index (χ0) is 9.64. The molecule has 0 radical (unpaired) electrons. The highest BCUT2D eigenvalue weighted by Gasteiger charge is 2.49. The van der Waals surface area contributed by atoms with Gasteiger partial charge in [0, 0.05) is 10.0 Å². The van der Waals surface area contributed by atoms with Gasteiger partial charge in [-0.2, -0.15) is 0 Å². The van der Waals surface area contributed by atoms with Crippen LogP contribution in [0, 0.1) is 12.8 Å². The van der Waals surface area contributed by atoms with E-state index in [2.05, 4.69) is 48.0 Å². The number of hydrogen-bond donors (Lipinski definition) is 1. The average Bonchev–Trinajstić information content (AvgIpc) is 2.59. The molecule has 2 atom stereocenters. The van der Waals surface area contributed by atoms with E-state index in [-0.39, 0.29) is 5.54 Å². The number of benzene rings is 1. The lowest BCUT2D eigenvalue weighted by Gasteiger charge is -2.14. The molecule has 13 heavy (non-hydrogen) atoms. The van der Waals surface area contributed by atoms with Crippen LogP contribution in [0.4, 0.5) is 0 Å². The fourth-order valence-corrected chi connectivity index (χ4v) is 2.45. The van der Waals surface area contributed by atoms with Crippen molar-refractivity contribution in [1.29, 1.82) is 0 Å². The monoisotopic (exact) mass is 239 g/mol. The molecule has 2 N–H and O–H groups in total. The molecule has 2 heteroatoms.